The van der Waals surface area contributed by atoms with Crippen molar-refractivity contribution in [2.24, 2.45) is 5.84 Å². The first-order valence-corrected chi connectivity index (χ1v) is 5.60. The van der Waals surface area contributed by atoms with Crippen molar-refractivity contribution in [3.8, 4) is 6.01 Å². The Kier molecular flexibility index (Phi) is 3.89. The molecule has 1 aromatic rings. The van der Waals surface area contributed by atoms with Gasteiger partial charge in [0.1, 0.15) is 0 Å². The van der Waals surface area contributed by atoms with Crippen LogP contribution in [0.5, 0.6) is 6.01 Å². The van der Waals surface area contributed by atoms with Gasteiger partial charge >= 0.3 is 6.01 Å². The number of nitrogens with one attached hydrogen (secondary N) is 2. The van der Waals surface area contributed by atoms with Crippen molar-refractivity contribution in [1.82, 2.24) is 20.0 Å². The maximum Gasteiger partial charge on any atom is 0.322 e. The van der Waals surface area contributed by atoms with Gasteiger partial charge in [0.25, 0.3) is 0 Å². The Labute approximate surface area is 99.5 Å². The van der Waals surface area contributed by atoms with Gasteiger partial charge in [-0.1, -0.05) is 6.42 Å². The van der Waals surface area contributed by atoms with Gasteiger partial charge in [0, 0.05) is 13.1 Å². The molecule has 1 aliphatic heterocycles. The van der Waals surface area contributed by atoms with E-state index < -0.39 is 0 Å². The Morgan fingerprint density at radius 2 is 1.82 bits per heavy atom. The minimum Gasteiger partial charge on any atom is -0.467 e. The van der Waals surface area contributed by atoms with Crippen LogP contribution in [0.2, 0.25) is 0 Å². The van der Waals surface area contributed by atoms with Crippen LogP contribution in [-0.2, 0) is 0 Å². The number of nitrogens with zero attached hydrogens (tertiary/aromatic N) is 4. The molecule has 0 unspecified atom stereocenters. The van der Waals surface area contributed by atoms with Crippen LogP contribution in [0.4, 0.5) is 11.9 Å². The van der Waals surface area contributed by atoms with Crippen molar-refractivity contribution in [3.63, 3.8) is 0 Å². The molecule has 0 atom stereocenters. The van der Waals surface area contributed by atoms with E-state index in [1.165, 1.54) is 26.4 Å². The first-order valence-electron chi connectivity index (χ1n) is 5.60. The molecule has 0 amide bonds. The second kappa shape index (κ2) is 5.60. The van der Waals surface area contributed by atoms with Gasteiger partial charge in [-0.05, 0) is 12.8 Å². The van der Waals surface area contributed by atoms with E-state index in [0.717, 1.165) is 13.1 Å². The van der Waals surface area contributed by atoms with E-state index >= 15 is 0 Å². The van der Waals surface area contributed by atoms with Crippen LogP contribution in [0.1, 0.15) is 19.3 Å². The van der Waals surface area contributed by atoms with Crippen molar-refractivity contribution < 1.29 is 4.74 Å². The third-order valence-corrected chi connectivity index (χ3v) is 2.54. The van der Waals surface area contributed by atoms with E-state index in [2.05, 4.69) is 30.8 Å². The predicted octanol–water partition coefficient (Wildman–Crippen LogP) is -0.0214. The summed E-state index contributed by atoms with van der Waals surface area (Å²) in [6.45, 7) is 1.97. The largest absolute Gasteiger partial charge is 0.467 e. The summed E-state index contributed by atoms with van der Waals surface area (Å²) >= 11 is 0. The smallest absolute Gasteiger partial charge is 0.322 e. The standard InChI is InChI=1S/C9H17N7O/c1-17-9-12-7(14-10)11-8(13-9)15-16-5-3-2-4-6-16/h2-6,10H2,1H3,(H2,11,12,13,14,15). The Hall–Kier alpha value is -1.67. The summed E-state index contributed by atoms with van der Waals surface area (Å²) in [7, 11) is 1.50. The number of hydrazine groups is 2. The molecule has 8 heteroatoms. The van der Waals surface area contributed by atoms with Gasteiger partial charge < -0.3 is 4.74 Å². The molecular weight excluding hydrogens is 222 g/mol. The van der Waals surface area contributed by atoms with Gasteiger partial charge in [0.05, 0.1) is 7.11 Å². The molecule has 0 saturated carbocycles. The van der Waals surface area contributed by atoms with Gasteiger partial charge in [0.2, 0.25) is 11.9 Å². The fourth-order valence-corrected chi connectivity index (χ4v) is 1.71. The third-order valence-electron chi connectivity index (χ3n) is 2.54. The van der Waals surface area contributed by atoms with E-state index in [0.29, 0.717) is 5.95 Å². The normalized spacial score (nSPS) is 16.6. The Morgan fingerprint density at radius 3 is 2.47 bits per heavy atom. The number of aromatic nitrogens is 3. The van der Waals surface area contributed by atoms with Gasteiger partial charge in [-0.2, -0.15) is 15.0 Å². The SMILES string of the molecule is COc1nc(NN)nc(NN2CCCCC2)n1. The average molecular weight is 239 g/mol. The summed E-state index contributed by atoms with van der Waals surface area (Å²) in [4.78, 5) is 12.1. The summed E-state index contributed by atoms with van der Waals surface area (Å²) < 4.78 is 4.97. The Bertz CT molecular complexity index is 344. The summed E-state index contributed by atoms with van der Waals surface area (Å²) in [5, 5.41) is 2.08. The molecule has 2 rings (SSSR count). The lowest BCUT2D eigenvalue weighted by molar-refractivity contribution is 0.270. The quantitative estimate of drug-likeness (QED) is 0.497. The summed E-state index contributed by atoms with van der Waals surface area (Å²) in [5.41, 5.74) is 5.50. The highest BCUT2D eigenvalue weighted by Gasteiger charge is 2.12. The van der Waals surface area contributed by atoms with Crippen molar-refractivity contribution in [3.05, 3.63) is 0 Å². The predicted molar refractivity (Wildman–Crippen MR) is 63.2 cm³/mol. The molecule has 4 N–H and O–H groups in total. The monoisotopic (exact) mass is 239 g/mol. The van der Waals surface area contributed by atoms with Crippen molar-refractivity contribution in [2.45, 2.75) is 19.3 Å². The Balaban J connectivity index is 2.07. The fourth-order valence-electron chi connectivity index (χ4n) is 1.71. The highest BCUT2D eigenvalue weighted by Crippen LogP contribution is 2.13. The van der Waals surface area contributed by atoms with Crippen molar-refractivity contribution in [2.75, 3.05) is 31.1 Å². The summed E-state index contributed by atoms with van der Waals surface area (Å²) in [6, 6.07) is 0.229. The number of hydrogen-bond donors (Lipinski definition) is 3. The molecule has 0 bridgehead atoms. The van der Waals surface area contributed by atoms with E-state index in [1.54, 1.807) is 0 Å². The molecule has 1 aliphatic rings. The molecule has 0 spiro atoms. The zero-order chi connectivity index (χ0) is 12.1. The van der Waals surface area contributed by atoms with Crippen LogP contribution in [-0.4, -0.2) is 40.2 Å². The van der Waals surface area contributed by atoms with Crippen LogP contribution in [0.15, 0.2) is 0 Å². The van der Waals surface area contributed by atoms with Crippen LogP contribution in [0.3, 0.4) is 0 Å². The fraction of sp³-hybridized carbons (Fsp3) is 0.667. The molecule has 17 heavy (non-hydrogen) atoms. The molecule has 0 radical (unpaired) electrons. The van der Waals surface area contributed by atoms with E-state index in [-0.39, 0.29) is 12.0 Å². The van der Waals surface area contributed by atoms with Crippen LogP contribution >= 0.6 is 0 Å². The van der Waals surface area contributed by atoms with Gasteiger partial charge in [0.15, 0.2) is 0 Å². The van der Waals surface area contributed by atoms with Crippen molar-refractivity contribution in [1.29, 1.82) is 0 Å². The van der Waals surface area contributed by atoms with Gasteiger partial charge in [-0.25, -0.2) is 10.9 Å². The lowest BCUT2D eigenvalue weighted by Gasteiger charge is -2.26. The molecule has 0 aliphatic carbocycles. The van der Waals surface area contributed by atoms with Gasteiger partial charge in [-0.3, -0.25) is 10.9 Å². The van der Waals surface area contributed by atoms with Crippen LogP contribution in [0, 0.1) is 0 Å². The maximum absolute atomic E-state index is 5.28. The highest BCUT2D eigenvalue weighted by atomic mass is 16.5. The molecule has 1 aromatic heterocycles. The van der Waals surface area contributed by atoms with Crippen LogP contribution < -0.4 is 21.4 Å². The second-order valence-electron chi connectivity index (χ2n) is 3.77. The number of nitrogens with two attached hydrogens (primary N) is 1. The number of ether oxygens (including phenoxy) is 1. The average Bonchev–Trinajstić information content (AvgIpc) is 2.39. The zero-order valence-corrected chi connectivity index (χ0v) is 9.81. The molecule has 8 nitrogen and oxygen atoms in total. The number of anilines is 2. The molecule has 94 valence electrons. The molecule has 2 heterocycles. The maximum atomic E-state index is 5.28. The summed E-state index contributed by atoms with van der Waals surface area (Å²) in [5.74, 6) is 5.99. The summed E-state index contributed by atoms with van der Waals surface area (Å²) in [6.07, 6.45) is 3.63. The minimum absolute atomic E-state index is 0.229. The lowest BCUT2D eigenvalue weighted by Crippen LogP contribution is -2.35. The second-order valence-corrected chi connectivity index (χ2v) is 3.77. The molecular formula is C9H17N7O. The zero-order valence-electron chi connectivity index (χ0n) is 9.81. The first kappa shape index (κ1) is 11.8. The van der Waals surface area contributed by atoms with Crippen molar-refractivity contribution >= 4 is 11.9 Å². The van der Waals surface area contributed by atoms with Gasteiger partial charge in [-0.15, -0.1) is 0 Å². The number of hydrogen-bond acceptors (Lipinski definition) is 8. The lowest BCUT2D eigenvalue weighted by atomic mass is 10.2. The van der Waals surface area contributed by atoms with Crippen LogP contribution in [0.25, 0.3) is 0 Å². The van der Waals surface area contributed by atoms with E-state index in [4.69, 9.17) is 10.6 Å². The minimum atomic E-state index is 0.229. The number of piperidine rings is 1. The number of methoxy groups -OCH3 is 1. The van der Waals surface area contributed by atoms with E-state index in [1.807, 2.05) is 0 Å². The molecule has 1 saturated heterocycles. The Morgan fingerprint density at radius 1 is 1.12 bits per heavy atom. The molecule has 0 aromatic carbocycles. The molecule has 1 fully saturated rings. The van der Waals surface area contributed by atoms with E-state index in [9.17, 15) is 0 Å². The third kappa shape index (κ3) is 3.14. The first-order chi connectivity index (χ1) is 8.31. The number of nitrogen functional groups attached to an aromatic ring is 1. The highest BCUT2D eigenvalue weighted by molar-refractivity contribution is 5.34. The number of rotatable bonds is 4. The topological polar surface area (TPSA) is 101 Å².